The maximum atomic E-state index is 13.2. The highest BCUT2D eigenvalue weighted by Crippen LogP contribution is 2.40. The fraction of sp³-hybridized carbons (Fsp3) is 0.417. The molecular weight excluding hydrogens is 394 g/mol. The third kappa shape index (κ3) is 4.04. The van der Waals surface area contributed by atoms with Gasteiger partial charge < -0.3 is 5.11 Å². The Morgan fingerprint density at radius 1 is 1.13 bits per heavy atom. The van der Waals surface area contributed by atoms with Crippen molar-refractivity contribution in [3.05, 3.63) is 58.1 Å². The molecule has 1 aliphatic heterocycles. The van der Waals surface area contributed by atoms with E-state index in [2.05, 4.69) is 6.92 Å². The van der Waals surface area contributed by atoms with E-state index in [4.69, 9.17) is 4.99 Å². The van der Waals surface area contributed by atoms with Crippen molar-refractivity contribution in [2.45, 2.75) is 64.0 Å². The summed E-state index contributed by atoms with van der Waals surface area (Å²) < 4.78 is 0. The molecule has 1 heterocycles. The third-order valence-electron chi connectivity index (χ3n) is 6.28. The van der Waals surface area contributed by atoms with E-state index in [0.29, 0.717) is 12.1 Å². The first-order valence-electron chi connectivity index (χ1n) is 10.9. The Kier molecular flexibility index (Phi) is 5.76. The second kappa shape index (κ2) is 8.49. The molecule has 162 valence electrons. The van der Waals surface area contributed by atoms with Crippen LogP contribution >= 0.6 is 0 Å². The molecule has 1 spiro atoms. The topological polar surface area (TPSA) is 96.0 Å². The van der Waals surface area contributed by atoms with E-state index < -0.39 is 10.5 Å². The van der Waals surface area contributed by atoms with Crippen molar-refractivity contribution >= 4 is 17.4 Å². The molecule has 2 aliphatic rings. The fourth-order valence-corrected chi connectivity index (χ4v) is 4.54. The maximum Gasteiger partial charge on any atom is 0.310 e. The first kappa shape index (κ1) is 21.0. The van der Waals surface area contributed by atoms with E-state index in [9.17, 15) is 20.0 Å². The zero-order valence-electron chi connectivity index (χ0n) is 17.7. The summed E-state index contributed by atoms with van der Waals surface area (Å²) in [6.45, 7) is 2.64. The van der Waals surface area contributed by atoms with Crippen LogP contribution in [0, 0.1) is 10.1 Å². The number of aliphatic imine (C=N–C) groups is 1. The Morgan fingerprint density at radius 3 is 2.42 bits per heavy atom. The standard InChI is InChI=1S/C24H27N3O4/c1-2-3-6-22-25-24(13-4-5-14-24)23(29)26(22)16-17-7-9-18(10-8-17)19-11-12-20(27(30)31)21(28)15-19/h7-12,15,28H,2-6,13-14,16H2,1H3. The van der Waals surface area contributed by atoms with Gasteiger partial charge in [0.15, 0.2) is 5.75 Å². The first-order valence-corrected chi connectivity index (χ1v) is 10.9. The van der Waals surface area contributed by atoms with E-state index in [1.807, 2.05) is 29.2 Å². The maximum absolute atomic E-state index is 13.2. The number of nitrogens with zero attached hydrogens (tertiary/aromatic N) is 3. The van der Waals surface area contributed by atoms with Crippen LogP contribution in [0.2, 0.25) is 0 Å². The Labute approximate surface area is 181 Å². The van der Waals surface area contributed by atoms with Gasteiger partial charge in [0.1, 0.15) is 11.4 Å². The number of benzene rings is 2. The molecule has 0 unspecified atom stereocenters. The van der Waals surface area contributed by atoms with Crippen LogP contribution in [-0.4, -0.2) is 32.2 Å². The molecule has 31 heavy (non-hydrogen) atoms. The summed E-state index contributed by atoms with van der Waals surface area (Å²) in [5.41, 5.74) is 1.70. The number of hydrogen-bond acceptors (Lipinski definition) is 5. The molecule has 7 nitrogen and oxygen atoms in total. The number of amidine groups is 1. The zero-order chi connectivity index (χ0) is 22.0. The Hall–Kier alpha value is -3.22. The monoisotopic (exact) mass is 421 g/mol. The van der Waals surface area contributed by atoms with Gasteiger partial charge >= 0.3 is 5.69 Å². The number of hydrogen-bond donors (Lipinski definition) is 1. The van der Waals surface area contributed by atoms with Gasteiger partial charge in [-0.1, -0.05) is 50.5 Å². The van der Waals surface area contributed by atoms with Crippen molar-refractivity contribution in [2.75, 3.05) is 0 Å². The van der Waals surface area contributed by atoms with Gasteiger partial charge in [-0.15, -0.1) is 0 Å². The molecule has 1 aliphatic carbocycles. The summed E-state index contributed by atoms with van der Waals surface area (Å²) in [5, 5.41) is 20.8. The minimum atomic E-state index is -0.607. The lowest BCUT2D eigenvalue weighted by Gasteiger charge is -2.22. The average molecular weight is 421 g/mol. The molecule has 1 amide bonds. The van der Waals surface area contributed by atoms with E-state index in [0.717, 1.165) is 61.9 Å². The molecule has 0 radical (unpaired) electrons. The molecule has 0 bridgehead atoms. The number of carbonyl (C=O) groups is 1. The predicted molar refractivity (Wildman–Crippen MR) is 119 cm³/mol. The van der Waals surface area contributed by atoms with Crippen LogP contribution in [0.4, 0.5) is 5.69 Å². The van der Waals surface area contributed by atoms with Crippen molar-refractivity contribution in [3.8, 4) is 16.9 Å². The molecular formula is C24H27N3O4. The molecule has 0 aromatic heterocycles. The van der Waals surface area contributed by atoms with E-state index >= 15 is 0 Å². The summed E-state index contributed by atoms with van der Waals surface area (Å²) in [6, 6.07) is 12.1. The van der Waals surface area contributed by atoms with Crippen molar-refractivity contribution < 1.29 is 14.8 Å². The van der Waals surface area contributed by atoms with E-state index in [1.165, 1.54) is 12.1 Å². The molecule has 1 fully saturated rings. The number of aromatic hydroxyl groups is 1. The highest BCUT2D eigenvalue weighted by molar-refractivity contribution is 6.08. The smallest absolute Gasteiger partial charge is 0.310 e. The lowest BCUT2D eigenvalue weighted by molar-refractivity contribution is -0.385. The molecule has 0 saturated heterocycles. The number of unbranched alkanes of at least 4 members (excludes halogenated alkanes) is 1. The SMILES string of the molecule is CCCCC1=NC2(CCCC2)C(=O)N1Cc1ccc(-c2ccc([N+](=O)[O-])c(O)c2)cc1. The van der Waals surface area contributed by atoms with Crippen LogP contribution in [-0.2, 0) is 11.3 Å². The van der Waals surface area contributed by atoms with Gasteiger partial charge in [-0.2, -0.15) is 0 Å². The minimum Gasteiger partial charge on any atom is -0.502 e. The summed E-state index contributed by atoms with van der Waals surface area (Å²) in [4.78, 5) is 30.3. The van der Waals surface area contributed by atoms with Crippen LogP contribution in [0.3, 0.4) is 0 Å². The van der Waals surface area contributed by atoms with Gasteiger partial charge in [-0.05, 0) is 48.1 Å². The average Bonchev–Trinajstić information content (AvgIpc) is 3.33. The Morgan fingerprint density at radius 2 is 1.81 bits per heavy atom. The largest absolute Gasteiger partial charge is 0.502 e. The zero-order valence-corrected chi connectivity index (χ0v) is 17.7. The van der Waals surface area contributed by atoms with Gasteiger partial charge in [0.2, 0.25) is 0 Å². The number of carbonyl (C=O) groups excluding carboxylic acids is 1. The quantitative estimate of drug-likeness (QED) is 0.490. The van der Waals surface area contributed by atoms with Crippen molar-refractivity contribution in [3.63, 3.8) is 0 Å². The summed E-state index contributed by atoms with van der Waals surface area (Å²) in [6.07, 6.45) is 6.71. The second-order valence-corrected chi connectivity index (χ2v) is 8.42. The molecule has 4 rings (SSSR count). The van der Waals surface area contributed by atoms with Crippen LogP contribution < -0.4 is 0 Å². The van der Waals surface area contributed by atoms with Gasteiger partial charge in [0.05, 0.1) is 11.5 Å². The van der Waals surface area contributed by atoms with Gasteiger partial charge in [0.25, 0.3) is 5.91 Å². The first-order chi connectivity index (χ1) is 14.9. The lowest BCUT2D eigenvalue weighted by Crippen LogP contribution is -2.40. The lowest BCUT2D eigenvalue weighted by atomic mass is 9.98. The summed E-state index contributed by atoms with van der Waals surface area (Å²) >= 11 is 0. The molecule has 7 heteroatoms. The van der Waals surface area contributed by atoms with Crippen molar-refractivity contribution in [1.29, 1.82) is 0 Å². The normalized spacial score (nSPS) is 17.4. The van der Waals surface area contributed by atoms with E-state index in [-0.39, 0.29) is 17.3 Å². The molecule has 1 N–H and O–H groups in total. The fourth-order valence-electron chi connectivity index (χ4n) is 4.54. The van der Waals surface area contributed by atoms with Crippen molar-refractivity contribution in [1.82, 2.24) is 4.90 Å². The van der Waals surface area contributed by atoms with Crippen LogP contribution in [0.5, 0.6) is 5.75 Å². The van der Waals surface area contributed by atoms with Crippen LogP contribution in [0.15, 0.2) is 47.5 Å². The van der Waals surface area contributed by atoms with Gasteiger partial charge in [-0.25, -0.2) is 0 Å². The number of rotatable bonds is 7. The number of nitro benzene ring substituents is 1. The highest BCUT2D eigenvalue weighted by atomic mass is 16.6. The second-order valence-electron chi connectivity index (χ2n) is 8.42. The molecule has 1 saturated carbocycles. The Bertz CT molecular complexity index is 1020. The number of nitro groups is 1. The Balaban J connectivity index is 1.53. The molecule has 2 aromatic carbocycles. The van der Waals surface area contributed by atoms with E-state index in [1.54, 1.807) is 6.07 Å². The third-order valence-corrected chi connectivity index (χ3v) is 6.28. The van der Waals surface area contributed by atoms with Crippen molar-refractivity contribution in [2.24, 2.45) is 4.99 Å². The number of amides is 1. The number of phenols is 1. The van der Waals surface area contributed by atoms with Gasteiger partial charge in [0, 0.05) is 12.5 Å². The van der Waals surface area contributed by atoms with Crippen LogP contribution in [0.25, 0.3) is 11.1 Å². The van der Waals surface area contributed by atoms with Gasteiger partial charge in [-0.3, -0.25) is 24.8 Å². The minimum absolute atomic E-state index is 0.139. The van der Waals surface area contributed by atoms with Crippen LogP contribution in [0.1, 0.15) is 57.4 Å². The highest BCUT2D eigenvalue weighted by Gasteiger charge is 2.49. The predicted octanol–water partition coefficient (Wildman–Crippen LogP) is 5.21. The molecule has 2 aromatic rings. The molecule has 0 atom stereocenters. The summed E-state index contributed by atoms with van der Waals surface area (Å²) in [5.74, 6) is 0.700. The summed E-state index contributed by atoms with van der Waals surface area (Å²) in [7, 11) is 0. The number of phenolic OH excluding ortho intramolecular Hbond substituents is 1.